The molecule has 0 aromatic heterocycles. The number of esters is 1. The predicted molar refractivity (Wildman–Crippen MR) is 200 cm³/mol. The number of carbonyl (C=O) groups excluding carboxylic acids is 1. The van der Waals surface area contributed by atoms with E-state index in [0.29, 0.717) is 13.0 Å². The second-order valence-electron chi connectivity index (χ2n) is 12.2. The summed E-state index contributed by atoms with van der Waals surface area (Å²) in [5.74, 6) is -0.428. The molecule has 0 rings (SSSR count). The molecule has 0 spiro atoms. The highest BCUT2D eigenvalue weighted by Gasteiger charge is 2.26. The van der Waals surface area contributed by atoms with Gasteiger partial charge < -0.3 is 24.6 Å². The molecule has 0 saturated carbocycles. The SMILES string of the molecule is CC/C=C\C/C=C\C/C=C\C/C=C\CCCCC(=O)OC(COCCCCCCCC/C=C\CCCCC)COP(=O)(O)OCC(O)CO. The Bertz CT molecular complexity index is 945. The van der Waals surface area contributed by atoms with Crippen LogP contribution in [0.4, 0.5) is 0 Å². The molecule has 0 fully saturated rings. The van der Waals surface area contributed by atoms with Gasteiger partial charge in [-0.1, -0.05) is 113 Å². The first-order valence-electron chi connectivity index (χ1n) is 18.8. The predicted octanol–water partition coefficient (Wildman–Crippen LogP) is 9.63. The first-order valence-corrected chi connectivity index (χ1v) is 20.3. The zero-order valence-corrected chi connectivity index (χ0v) is 31.5. The van der Waals surface area contributed by atoms with Crippen LogP contribution < -0.4 is 0 Å². The number of ether oxygens (including phenoxy) is 2. The highest BCUT2D eigenvalue weighted by molar-refractivity contribution is 7.47. The third-order valence-corrected chi connectivity index (χ3v) is 8.39. The Morgan fingerprint density at radius 2 is 1.16 bits per heavy atom. The van der Waals surface area contributed by atoms with E-state index in [1.807, 2.05) is 0 Å². The lowest BCUT2D eigenvalue weighted by Gasteiger charge is -2.20. The molecule has 0 bridgehead atoms. The average molecular weight is 713 g/mol. The van der Waals surface area contributed by atoms with Crippen LogP contribution in [-0.2, 0) is 27.9 Å². The minimum atomic E-state index is -4.53. The topological polar surface area (TPSA) is 132 Å². The first kappa shape index (κ1) is 47.2. The zero-order chi connectivity index (χ0) is 36.1. The molecule has 3 unspecified atom stereocenters. The second-order valence-corrected chi connectivity index (χ2v) is 13.7. The van der Waals surface area contributed by atoms with E-state index in [4.69, 9.17) is 23.6 Å². The normalized spacial score (nSPS) is 15.0. The van der Waals surface area contributed by atoms with E-state index in [1.165, 1.54) is 44.9 Å². The Morgan fingerprint density at radius 3 is 1.78 bits per heavy atom. The Morgan fingerprint density at radius 1 is 0.653 bits per heavy atom. The summed E-state index contributed by atoms with van der Waals surface area (Å²) >= 11 is 0. The molecule has 49 heavy (non-hydrogen) atoms. The minimum absolute atomic E-state index is 0.0253. The molecule has 284 valence electrons. The summed E-state index contributed by atoms with van der Waals surface area (Å²) in [7, 11) is -4.53. The van der Waals surface area contributed by atoms with Gasteiger partial charge in [0, 0.05) is 13.0 Å². The molecular weight excluding hydrogens is 643 g/mol. The van der Waals surface area contributed by atoms with Gasteiger partial charge in [0.2, 0.25) is 0 Å². The van der Waals surface area contributed by atoms with Gasteiger partial charge in [0.15, 0.2) is 0 Å². The van der Waals surface area contributed by atoms with Gasteiger partial charge in [0.25, 0.3) is 0 Å². The molecule has 0 aliphatic rings. The summed E-state index contributed by atoms with van der Waals surface area (Å²) in [5, 5.41) is 18.3. The summed E-state index contributed by atoms with van der Waals surface area (Å²) in [6, 6.07) is 0. The number of rotatable bonds is 35. The van der Waals surface area contributed by atoms with Crippen LogP contribution in [0.15, 0.2) is 60.8 Å². The van der Waals surface area contributed by atoms with Crippen LogP contribution in [0, 0.1) is 0 Å². The number of aliphatic hydroxyl groups is 2. The smallest absolute Gasteiger partial charge is 0.457 e. The van der Waals surface area contributed by atoms with Crippen LogP contribution in [0.3, 0.4) is 0 Å². The van der Waals surface area contributed by atoms with E-state index >= 15 is 0 Å². The van der Waals surface area contributed by atoms with Crippen molar-refractivity contribution in [3.05, 3.63) is 60.8 Å². The van der Waals surface area contributed by atoms with Gasteiger partial charge in [0.1, 0.15) is 12.2 Å². The van der Waals surface area contributed by atoms with Crippen LogP contribution in [0.2, 0.25) is 0 Å². The van der Waals surface area contributed by atoms with Crippen LogP contribution >= 0.6 is 7.82 Å². The van der Waals surface area contributed by atoms with Crippen LogP contribution in [0.5, 0.6) is 0 Å². The standard InChI is InChI=1S/C39H69O9P/c1-3-5-7-9-11-13-15-17-18-19-21-23-25-27-29-31-39(42)48-38(36-47-49(43,44)46-34-37(41)33-40)35-45-32-30-28-26-24-22-20-16-14-12-10-8-6-4-2/h5,7,11-14,17-18,21,23,37-38,40-41H,3-4,6,8-10,15-16,19-20,22,24-36H2,1-2H3,(H,43,44)/b7-5-,13-11-,14-12-,18-17-,23-21-. The molecule has 0 radical (unpaired) electrons. The maximum Gasteiger partial charge on any atom is 0.472 e. The van der Waals surface area contributed by atoms with Crippen LogP contribution in [0.1, 0.15) is 136 Å². The molecule has 0 aliphatic carbocycles. The Balaban J connectivity index is 4.35. The monoisotopic (exact) mass is 712 g/mol. The maximum absolute atomic E-state index is 12.5. The third-order valence-electron chi connectivity index (χ3n) is 7.44. The summed E-state index contributed by atoms with van der Waals surface area (Å²) < 4.78 is 33.2. The molecule has 3 N–H and O–H groups in total. The van der Waals surface area contributed by atoms with E-state index in [1.54, 1.807) is 0 Å². The van der Waals surface area contributed by atoms with Crippen molar-refractivity contribution in [2.75, 3.05) is 33.0 Å². The second kappa shape index (κ2) is 36.0. The Hall–Kier alpha value is -1.84. The first-order chi connectivity index (χ1) is 23.8. The Labute approximate surface area is 298 Å². The van der Waals surface area contributed by atoms with Crippen molar-refractivity contribution < 1.29 is 43.0 Å². The number of unbranched alkanes of at least 4 members (excludes halogenated alkanes) is 11. The highest BCUT2D eigenvalue weighted by Crippen LogP contribution is 2.43. The summed E-state index contributed by atoms with van der Waals surface area (Å²) in [6.07, 6.45) is 38.9. The largest absolute Gasteiger partial charge is 0.472 e. The lowest BCUT2D eigenvalue weighted by Crippen LogP contribution is -2.29. The third kappa shape index (κ3) is 35.8. The molecule has 0 saturated heterocycles. The maximum atomic E-state index is 12.5. The van der Waals surface area contributed by atoms with Crippen molar-refractivity contribution in [1.82, 2.24) is 0 Å². The number of aliphatic hydroxyl groups excluding tert-OH is 2. The van der Waals surface area contributed by atoms with Gasteiger partial charge in [-0.3, -0.25) is 13.8 Å². The van der Waals surface area contributed by atoms with Crippen molar-refractivity contribution >= 4 is 13.8 Å². The van der Waals surface area contributed by atoms with E-state index in [2.05, 4.69) is 74.6 Å². The summed E-state index contributed by atoms with van der Waals surface area (Å²) in [5.41, 5.74) is 0. The highest BCUT2D eigenvalue weighted by atomic mass is 31.2. The number of hydrogen-bond acceptors (Lipinski definition) is 8. The van der Waals surface area contributed by atoms with Gasteiger partial charge in [-0.05, 0) is 77.0 Å². The van der Waals surface area contributed by atoms with Crippen LogP contribution in [-0.4, -0.2) is 66.3 Å². The lowest BCUT2D eigenvalue weighted by molar-refractivity contribution is -0.154. The van der Waals surface area contributed by atoms with Gasteiger partial charge in [-0.2, -0.15) is 0 Å². The average Bonchev–Trinajstić information content (AvgIpc) is 3.09. The van der Waals surface area contributed by atoms with Gasteiger partial charge >= 0.3 is 13.8 Å². The minimum Gasteiger partial charge on any atom is -0.457 e. The zero-order valence-electron chi connectivity index (χ0n) is 30.6. The van der Waals surface area contributed by atoms with Crippen molar-refractivity contribution in [3.63, 3.8) is 0 Å². The number of phosphoric ester groups is 1. The molecule has 0 amide bonds. The number of allylic oxidation sites excluding steroid dienone is 10. The molecule has 0 aliphatic heterocycles. The summed E-state index contributed by atoms with van der Waals surface area (Å²) in [4.78, 5) is 22.4. The van der Waals surface area contributed by atoms with E-state index < -0.39 is 45.8 Å². The quantitative estimate of drug-likeness (QED) is 0.0254. The summed E-state index contributed by atoms with van der Waals surface area (Å²) in [6.45, 7) is 3.28. The van der Waals surface area contributed by atoms with E-state index in [0.717, 1.165) is 64.2 Å². The lowest BCUT2D eigenvalue weighted by atomic mass is 10.1. The molecule has 3 atom stereocenters. The molecule has 0 aromatic carbocycles. The molecule has 0 heterocycles. The Kier molecular flexibility index (Phi) is 34.6. The molecule has 9 nitrogen and oxygen atoms in total. The van der Waals surface area contributed by atoms with Crippen molar-refractivity contribution in [2.24, 2.45) is 0 Å². The van der Waals surface area contributed by atoms with E-state index in [9.17, 15) is 19.4 Å². The van der Waals surface area contributed by atoms with Gasteiger partial charge in [0.05, 0.1) is 26.4 Å². The van der Waals surface area contributed by atoms with Gasteiger partial charge in [-0.15, -0.1) is 0 Å². The molecule has 10 heteroatoms. The van der Waals surface area contributed by atoms with E-state index in [-0.39, 0.29) is 13.0 Å². The fourth-order valence-electron chi connectivity index (χ4n) is 4.57. The molecule has 0 aromatic rings. The van der Waals surface area contributed by atoms with Crippen molar-refractivity contribution in [3.8, 4) is 0 Å². The number of phosphoric acid groups is 1. The number of hydrogen-bond donors (Lipinski definition) is 3. The fourth-order valence-corrected chi connectivity index (χ4v) is 5.36. The van der Waals surface area contributed by atoms with Crippen molar-refractivity contribution in [1.29, 1.82) is 0 Å². The van der Waals surface area contributed by atoms with Crippen molar-refractivity contribution in [2.45, 2.75) is 148 Å². The van der Waals surface area contributed by atoms with Gasteiger partial charge in [-0.25, -0.2) is 4.57 Å². The van der Waals surface area contributed by atoms with Crippen LogP contribution in [0.25, 0.3) is 0 Å². The fraction of sp³-hybridized carbons (Fsp3) is 0.718. The number of carbonyl (C=O) groups is 1. The molecular formula is C39H69O9P.